The molecule has 1 aromatic carbocycles. The summed E-state index contributed by atoms with van der Waals surface area (Å²) < 4.78 is 0. The number of aryl methyl sites for hydroxylation is 1. The molecule has 1 aliphatic rings. The summed E-state index contributed by atoms with van der Waals surface area (Å²) in [6.07, 6.45) is 1.20. The lowest BCUT2D eigenvalue weighted by Gasteiger charge is -2.28. The first-order chi connectivity index (χ1) is 8.79. The Hall–Kier alpha value is -0.510. The minimum Gasteiger partial charge on any atom is -0.313 e. The predicted octanol–water partition coefficient (Wildman–Crippen LogP) is 2.69. The van der Waals surface area contributed by atoms with Gasteiger partial charge < -0.3 is 10.2 Å². The van der Waals surface area contributed by atoms with Gasteiger partial charge >= 0.3 is 0 Å². The average molecular weight is 264 g/mol. The van der Waals surface area contributed by atoms with Gasteiger partial charge in [-0.2, -0.15) is 11.8 Å². The van der Waals surface area contributed by atoms with E-state index in [2.05, 4.69) is 60.2 Å². The van der Waals surface area contributed by atoms with Crippen molar-refractivity contribution in [2.24, 2.45) is 0 Å². The lowest BCUT2D eigenvalue weighted by atomic mass is 10.0. The van der Waals surface area contributed by atoms with Gasteiger partial charge in [-0.3, -0.25) is 0 Å². The summed E-state index contributed by atoms with van der Waals surface area (Å²) in [7, 11) is 2.07. The van der Waals surface area contributed by atoms with E-state index in [9.17, 15) is 0 Å². The summed E-state index contributed by atoms with van der Waals surface area (Å²) in [5, 5.41) is 3.45. The summed E-state index contributed by atoms with van der Waals surface area (Å²) in [5.74, 6) is 2.60. The summed E-state index contributed by atoms with van der Waals surface area (Å²) in [4.78, 5) is 2.59. The van der Waals surface area contributed by atoms with Crippen LogP contribution in [-0.4, -0.2) is 43.1 Å². The third-order valence-corrected chi connectivity index (χ3v) is 4.61. The van der Waals surface area contributed by atoms with Crippen molar-refractivity contribution in [3.63, 3.8) is 0 Å². The maximum absolute atomic E-state index is 3.45. The quantitative estimate of drug-likeness (QED) is 0.880. The molecule has 18 heavy (non-hydrogen) atoms. The van der Waals surface area contributed by atoms with E-state index in [0.717, 1.165) is 0 Å². The minimum absolute atomic E-state index is 0.486. The maximum Gasteiger partial charge on any atom is 0.0329 e. The van der Waals surface area contributed by atoms with Gasteiger partial charge in [-0.05, 0) is 26.0 Å². The fourth-order valence-electron chi connectivity index (χ4n) is 2.41. The molecule has 1 N–H and O–H groups in total. The molecular formula is C15H24N2S. The van der Waals surface area contributed by atoms with Crippen molar-refractivity contribution < 1.29 is 0 Å². The monoisotopic (exact) mass is 264 g/mol. The van der Waals surface area contributed by atoms with Gasteiger partial charge in [-0.1, -0.05) is 29.8 Å². The van der Waals surface area contributed by atoms with Crippen molar-refractivity contribution in [3.8, 4) is 0 Å². The predicted molar refractivity (Wildman–Crippen MR) is 81.4 cm³/mol. The van der Waals surface area contributed by atoms with E-state index in [0.29, 0.717) is 6.04 Å². The molecule has 1 aliphatic heterocycles. The number of nitrogens with zero attached hydrogens (tertiary/aromatic N) is 1. The molecule has 2 rings (SSSR count). The first-order valence-corrected chi connectivity index (χ1v) is 7.99. The van der Waals surface area contributed by atoms with Crippen molar-refractivity contribution in [2.75, 3.05) is 38.2 Å². The number of rotatable bonds is 5. The highest BCUT2D eigenvalue weighted by Crippen LogP contribution is 2.18. The highest BCUT2D eigenvalue weighted by molar-refractivity contribution is 7.99. The van der Waals surface area contributed by atoms with Crippen LogP contribution < -0.4 is 5.32 Å². The second kappa shape index (κ2) is 7.17. The zero-order chi connectivity index (χ0) is 12.8. The highest BCUT2D eigenvalue weighted by Gasteiger charge is 2.14. The SMILES string of the molecule is CNC(CCN1CCSCC1)c1ccc(C)cc1. The molecular weight excluding hydrogens is 240 g/mol. The fourth-order valence-corrected chi connectivity index (χ4v) is 3.39. The Morgan fingerprint density at radius 1 is 1.22 bits per heavy atom. The van der Waals surface area contributed by atoms with Gasteiger partial charge in [0.15, 0.2) is 0 Å². The van der Waals surface area contributed by atoms with Crippen LogP contribution in [0.25, 0.3) is 0 Å². The zero-order valence-electron chi connectivity index (χ0n) is 11.5. The molecule has 1 saturated heterocycles. The lowest BCUT2D eigenvalue weighted by Crippen LogP contribution is -2.35. The Bertz CT molecular complexity index is 344. The van der Waals surface area contributed by atoms with E-state index >= 15 is 0 Å². The van der Waals surface area contributed by atoms with Crippen LogP contribution in [0, 0.1) is 6.92 Å². The van der Waals surface area contributed by atoms with Crippen LogP contribution in [-0.2, 0) is 0 Å². The number of thioether (sulfide) groups is 1. The molecule has 0 amide bonds. The summed E-state index contributed by atoms with van der Waals surface area (Å²) in [6, 6.07) is 9.40. The Labute approximate surface area is 115 Å². The topological polar surface area (TPSA) is 15.3 Å². The summed E-state index contributed by atoms with van der Waals surface area (Å²) in [6.45, 7) is 5.87. The molecule has 0 spiro atoms. The molecule has 2 nitrogen and oxygen atoms in total. The Balaban J connectivity index is 1.86. The molecule has 0 radical (unpaired) electrons. The molecule has 1 unspecified atom stereocenters. The Morgan fingerprint density at radius 2 is 1.89 bits per heavy atom. The van der Waals surface area contributed by atoms with Crippen LogP contribution in [0.15, 0.2) is 24.3 Å². The first kappa shape index (κ1) is 13.9. The van der Waals surface area contributed by atoms with Gasteiger partial charge in [0.1, 0.15) is 0 Å². The molecule has 1 atom stereocenters. The van der Waals surface area contributed by atoms with Crippen LogP contribution in [0.2, 0.25) is 0 Å². The van der Waals surface area contributed by atoms with E-state index < -0.39 is 0 Å². The number of nitrogens with one attached hydrogen (secondary N) is 1. The molecule has 0 bridgehead atoms. The molecule has 0 aliphatic carbocycles. The van der Waals surface area contributed by atoms with Crippen LogP contribution in [0.5, 0.6) is 0 Å². The van der Waals surface area contributed by atoms with E-state index in [4.69, 9.17) is 0 Å². The Kier molecular flexibility index (Phi) is 5.54. The molecule has 100 valence electrons. The van der Waals surface area contributed by atoms with Crippen molar-refractivity contribution in [1.82, 2.24) is 10.2 Å². The normalized spacial score (nSPS) is 18.8. The molecule has 0 aromatic heterocycles. The Morgan fingerprint density at radius 3 is 2.50 bits per heavy atom. The van der Waals surface area contributed by atoms with E-state index in [1.807, 2.05) is 0 Å². The number of hydrogen-bond donors (Lipinski definition) is 1. The highest BCUT2D eigenvalue weighted by atomic mass is 32.2. The third-order valence-electron chi connectivity index (χ3n) is 3.67. The average Bonchev–Trinajstić information content (AvgIpc) is 2.42. The smallest absolute Gasteiger partial charge is 0.0329 e. The van der Waals surface area contributed by atoms with Gasteiger partial charge in [0, 0.05) is 37.2 Å². The molecule has 1 fully saturated rings. The van der Waals surface area contributed by atoms with E-state index in [1.165, 1.54) is 48.7 Å². The fraction of sp³-hybridized carbons (Fsp3) is 0.600. The van der Waals surface area contributed by atoms with Crippen molar-refractivity contribution in [1.29, 1.82) is 0 Å². The van der Waals surface area contributed by atoms with Crippen LogP contribution in [0.4, 0.5) is 0 Å². The second-order valence-electron chi connectivity index (χ2n) is 4.99. The van der Waals surface area contributed by atoms with Crippen molar-refractivity contribution >= 4 is 11.8 Å². The van der Waals surface area contributed by atoms with Crippen LogP contribution in [0.1, 0.15) is 23.6 Å². The number of hydrogen-bond acceptors (Lipinski definition) is 3. The largest absolute Gasteiger partial charge is 0.313 e. The molecule has 1 aromatic rings. The lowest BCUT2D eigenvalue weighted by molar-refractivity contribution is 0.283. The zero-order valence-corrected chi connectivity index (χ0v) is 12.3. The summed E-state index contributed by atoms with van der Waals surface area (Å²) in [5.41, 5.74) is 2.75. The molecule has 1 heterocycles. The first-order valence-electron chi connectivity index (χ1n) is 6.83. The van der Waals surface area contributed by atoms with Crippen molar-refractivity contribution in [3.05, 3.63) is 35.4 Å². The van der Waals surface area contributed by atoms with Crippen LogP contribution >= 0.6 is 11.8 Å². The third kappa shape index (κ3) is 4.01. The van der Waals surface area contributed by atoms with Gasteiger partial charge in [0.2, 0.25) is 0 Å². The van der Waals surface area contributed by atoms with E-state index in [-0.39, 0.29) is 0 Å². The molecule has 0 saturated carbocycles. The van der Waals surface area contributed by atoms with E-state index in [1.54, 1.807) is 0 Å². The van der Waals surface area contributed by atoms with Gasteiger partial charge in [0.25, 0.3) is 0 Å². The maximum atomic E-state index is 3.45. The second-order valence-corrected chi connectivity index (χ2v) is 6.22. The summed E-state index contributed by atoms with van der Waals surface area (Å²) >= 11 is 2.08. The van der Waals surface area contributed by atoms with Crippen LogP contribution in [0.3, 0.4) is 0 Å². The van der Waals surface area contributed by atoms with Crippen molar-refractivity contribution in [2.45, 2.75) is 19.4 Å². The van der Waals surface area contributed by atoms with Gasteiger partial charge in [-0.15, -0.1) is 0 Å². The van der Waals surface area contributed by atoms with Gasteiger partial charge in [-0.25, -0.2) is 0 Å². The standard InChI is InChI=1S/C15H24N2S/c1-13-3-5-14(6-4-13)15(16-2)7-8-17-9-11-18-12-10-17/h3-6,15-16H,7-12H2,1-2H3. The number of benzene rings is 1. The minimum atomic E-state index is 0.486. The molecule has 3 heteroatoms. The van der Waals surface area contributed by atoms with Gasteiger partial charge in [0.05, 0.1) is 0 Å².